The minimum Gasteiger partial charge on any atom is -0.337 e. The number of nitrogens with two attached hydrogens (primary N) is 1. The van der Waals surface area contributed by atoms with Gasteiger partial charge in [0.1, 0.15) is 5.82 Å². The normalized spacial score (nSPS) is 16.4. The van der Waals surface area contributed by atoms with E-state index < -0.39 is 5.82 Å². The molecular formula is C13H16BrFN2O. The fraction of sp³-hybridized carbons (Fsp3) is 0.462. The fourth-order valence-electron chi connectivity index (χ4n) is 2.16. The molecule has 1 unspecified atom stereocenters. The molecule has 2 N–H and O–H groups in total. The summed E-state index contributed by atoms with van der Waals surface area (Å²) in [6.45, 7) is 0.444. The zero-order valence-electron chi connectivity index (χ0n) is 10.2. The lowest BCUT2D eigenvalue weighted by Gasteiger charge is -2.27. The van der Waals surface area contributed by atoms with Crippen LogP contribution in [0.15, 0.2) is 22.7 Å². The zero-order chi connectivity index (χ0) is 13.3. The Morgan fingerprint density at radius 1 is 1.61 bits per heavy atom. The van der Waals surface area contributed by atoms with E-state index in [2.05, 4.69) is 15.9 Å². The summed E-state index contributed by atoms with van der Waals surface area (Å²) in [5.74, 6) is -0.120. The van der Waals surface area contributed by atoms with E-state index in [1.807, 2.05) is 0 Å². The van der Waals surface area contributed by atoms with Crippen LogP contribution in [0.25, 0.3) is 0 Å². The molecule has 1 aliphatic rings. The van der Waals surface area contributed by atoms with Crippen LogP contribution in [0.1, 0.15) is 23.2 Å². The molecule has 1 aromatic rings. The molecule has 1 aromatic carbocycles. The summed E-state index contributed by atoms with van der Waals surface area (Å²) in [5, 5.41) is 0. The second-order valence-corrected chi connectivity index (χ2v) is 5.45. The molecule has 0 radical (unpaired) electrons. The topological polar surface area (TPSA) is 46.3 Å². The van der Waals surface area contributed by atoms with Crippen LogP contribution in [0.4, 0.5) is 4.39 Å². The van der Waals surface area contributed by atoms with Gasteiger partial charge in [-0.3, -0.25) is 4.79 Å². The highest BCUT2D eigenvalue weighted by Gasteiger charge is 2.35. The molecule has 18 heavy (non-hydrogen) atoms. The minimum absolute atomic E-state index is 0.0488. The number of halogens is 2. The summed E-state index contributed by atoms with van der Waals surface area (Å²) >= 11 is 3.12. The number of nitrogens with zero attached hydrogens (tertiary/aromatic N) is 1. The van der Waals surface area contributed by atoms with Crippen molar-refractivity contribution in [2.45, 2.75) is 18.9 Å². The monoisotopic (exact) mass is 314 g/mol. The van der Waals surface area contributed by atoms with Crippen molar-refractivity contribution in [3.05, 3.63) is 34.1 Å². The van der Waals surface area contributed by atoms with Crippen LogP contribution in [0.3, 0.4) is 0 Å². The van der Waals surface area contributed by atoms with Gasteiger partial charge in [0, 0.05) is 19.6 Å². The second kappa shape index (κ2) is 5.36. The Morgan fingerprint density at radius 2 is 2.28 bits per heavy atom. The van der Waals surface area contributed by atoms with E-state index in [4.69, 9.17) is 5.73 Å². The van der Waals surface area contributed by atoms with Crippen LogP contribution in [-0.2, 0) is 0 Å². The lowest BCUT2D eigenvalue weighted by Crippen LogP contribution is -2.43. The van der Waals surface area contributed by atoms with Gasteiger partial charge in [0.2, 0.25) is 0 Å². The van der Waals surface area contributed by atoms with Crippen LogP contribution in [0.5, 0.6) is 0 Å². The van der Waals surface area contributed by atoms with E-state index in [9.17, 15) is 9.18 Å². The lowest BCUT2D eigenvalue weighted by molar-refractivity contribution is 0.0717. The second-order valence-electron chi connectivity index (χ2n) is 4.66. The molecule has 1 aliphatic carbocycles. The highest BCUT2D eigenvalue weighted by atomic mass is 79.9. The van der Waals surface area contributed by atoms with Gasteiger partial charge in [-0.15, -0.1) is 0 Å². The van der Waals surface area contributed by atoms with Crippen LogP contribution >= 0.6 is 15.9 Å². The summed E-state index contributed by atoms with van der Waals surface area (Å²) in [6, 6.07) is 4.53. The average molecular weight is 315 g/mol. The maximum Gasteiger partial charge on any atom is 0.255 e. The quantitative estimate of drug-likeness (QED) is 0.927. The van der Waals surface area contributed by atoms with Crippen LogP contribution in [0.2, 0.25) is 0 Å². The molecule has 3 nitrogen and oxygen atoms in total. The Morgan fingerprint density at radius 3 is 2.83 bits per heavy atom. The van der Waals surface area contributed by atoms with Gasteiger partial charge in [0.15, 0.2) is 0 Å². The fourth-order valence-corrected chi connectivity index (χ4v) is 2.59. The predicted octanol–water partition coefficient (Wildman–Crippen LogP) is 2.40. The van der Waals surface area contributed by atoms with E-state index in [1.165, 1.54) is 12.1 Å². The highest BCUT2D eigenvalue weighted by molar-refractivity contribution is 9.10. The van der Waals surface area contributed by atoms with E-state index in [0.29, 0.717) is 18.0 Å². The van der Waals surface area contributed by atoms with Crippen LogP contribution < -0.4 is 5.73 Å². The van der Waals surface area contributed by atoms with E-state index in [1.54, 1.807) is 18.0 Å². The molecule has 1 saturated carbocycles. The highest BCUT2D eigenvalue weighted by Crippen LogP contribution is 2.35. The molecule has 0 spiro atoms. The number of carbonyl (C=O) groups excluding carboxylic acids is 1. The predicted molar refractivity (Wildman–Crippen MR) is 71.8 cm³/mol. The number of benzene rings is 1. The Kier molecular flexibility index (Phi) is 4.02. The number of rotatable bonds is 4. The van der Waals surface area contributed by atoms with E-state index in [-0.39, 0.29) is 16.4 Å². The first-order valence-corrected chi connectivity index (χ1v) is 6.76. The minimum atomic E-state index is -0.426. The molecule has 0 bridgehead atoms. The van der Waals surface area contributed by atoms with Crippen molar-refractivity contribution in [1.29, 1.82) is 0 Å². The number of hydrogen-bond donors (Lipinski definition) is 1. The van der Waals surface area contributed by atoms with Crippen molar-refractivity contribution in [1.82, 2.24) is 4.90 Å². The molecule has 0 aliphatic heterocycles. The van der Waals surface area contributed by atoms with Crippen molar-refractivity contribution in [3.8, 4) is 0 Å². The molecule has 0 aromatic heterocycles. The average Bonchev–Trinajstić information content (AvgIpc) is 3.17. The van der Waals surface area contributed by atoms with Gasteiger partial charge in [0.05, 0.1) is 10.0 Å². The molecule has 2 rings (SSSR count). The van der Waals surface area contributed by atoms with Gasteiger partial charge in [-0.2, -0.15) is 0 Å². The standard InChI is InChI=1S/C13H16BrFN2O/c1-17(11(7-16)8-5-6-8)13(18)9-3-2-4-10(15)12(9)14/h2-4,8,11H,5-7,16H2,1H3. The van der Waals surface area contributed by atoms with Gasteiger partial charge in [0.25, 0.3) is 5.91 Å². The third-order valence-electron chi connectivity index (χ3n) is 3.41. The number of amides is 1. The molecule has 0 heterocycles. The van der Waals surface area contributed by atoms with Crippen molar-refractivity contribution < 1.29 is 9.18 Å². The first-order valence-electron chi connectivity index (χ1n) is 5.97. The summed E-state index contributed by atoms with van der Waals surface area (Å²) in [5.41, 5.74) is 6.06. The number of likely N-dealkylation sites (N-methyl/N-ethyl adjacent to an activating group) is 1. The van der Waals surface area contributed by atoms with E-state index >= 15 is 0 Å². The molecule has 1 fully saturated rings. The maximum absolute atomic E-state index is 13.4. The lowest BCUT2D eigenvalue weighted by atomic mass is 10.1. The Balaban J connectivity index is 2.22. The van der Waals surface area contributed by atoms with Gasteiger partial charge < -0.3 is 10.6 Å². The van der Waals surface area contributed by atoms with Gasteiger partial charge in [-0.25, -0.2) is 4.39 Å². The van der Waals surface area contributed by atoms with Gasteiger partial charge in [-0.1, -0.05) is 6.07 Å². The SMILES string of the molecule is CN(C(=O)c1cccc(F)c1Br)C(CN)C1CC1. The Labute approximate surface area is 114 Å². The maximum atomic E-state index is 13.4. The molecule has 98 valence electrons. The third-order valence-corrected chi connectivity index (χ3v) is 4.21. The van der Waals surface area contributed by atoms with Gasteiger partial charge >= 0.3 is 0 Å². The summed E-state index contributed by atoms with van der Waals surface area (Å²) in [6.07, 6.45) is 2.23. The van der Waals surface area contributed by atoms with E-state index in [0.717, 1.165) is 12.8 Å². The first kappa shape index (κ1) is 13.5. The number of hydrogen-bond acceptors (Lipinski definition) is 2. The zero-order valence-corrected chi connectivity index (χ0v) is 11.8. The van der Waals surface area contributed by atoms with Crippen LogP contribution in [-0.4, -0.2) is 30.4 Å². The molecule has 1 atom stereocenters. The summed E-state index contributed by atoms with van der Waals surface area (Å²) < 4.78 is 13.6. The molecular weight excluding hydrogens is 299 g/mol. The molecule has 5 heteroatoms. The third kappa shape index (κ3) is 2.57. The molecule has 0 saturated heterocycles. The van der Waals surface area contributed by atoms with Crippen molar-refractivity contribution in [3.63, 3.8) is 0 Å². The first-order chi connectivity index (χ1) is 8.56. The summed E-state index contributed by atoms with van der Waals surface area (Å²) in [4.78, 5) is 14.0. The molecule has 1 amide bonds. The van der Waals surface area contributed by atoms with Crippen molar-refractivity contribution >= 4 is 21.8 Å². The largest absolute Gasteiger partial charge is 0.337 e. The smallest absolute Gasteiger partial charge is 0.255 e. The Hall–Kier alpha value is -0.940. The van der Waals surface area contributed by atoms with Gasteiger partial charge in [-0.05, 0) is 46.8 Å². The number of carbonyl (C=O) groups is 1. The Bertz CT molecular complexity index is 462. The summed E-state index contributed by atoms with van der Waals surface area (Å²) in [7, 11) is 1.73. The van der Waals surface area contributed by atoms with Crippen molar-refractivity contribution in [2.24, 2.45) is 11.7 Å². The van der Waals surface area contributed by atoms with Crippen LogP contribution in [0, 0.1) is 11.7 Å². The van der Waals surface area contributed by atoms with Crippen molar-refractivity contribution in [2.75, 3.05) is 13.6 Å².